The lowest BCUT2D eigenvalue weighted by Crippen LogP contribution is -2.06. The van der Waals surface area contributed by atoms with Crippen molar-refractivity contribution in [1.82, 2.24) is 4.98 Å². The molecular weight excluding hydrogens is 294 g/mol. The van der Waals surface area contributed by atoms with Gasteiger partial charge in [-0.15, -0.1) is 0 Å². The molecule has 0 atom stereocenters. The Morgan fingerprint density at radius 2 is 1.74 bits per heavy atom. The molecule has 0 saturated heterocycles. The third kappa shape index (κ3) is 2.89. The molecule has 5 heteroatoms. The number of aromatic nitrogens is 1. The van der Waals surface area contributed by atoms with E-state index in [1.54, 1.807) is 42.5 Å². The van der Waals surface area contributed by atoms with Gasteiger partial charge in [-0.3, -0.25) is 4.79 Å². The predicted octanol–water partition coefficient (Wildman–Crippen LogP) is 3.53. The number of benzene rings is 2. The molecule has 0 bridgehead atoms. The Labute approximate surface area is 132 Å². The third-order valence-corrected chi connectivity index (χ3v) is 3.35. The highest BCUT2D eigenvalue weighted by molar-refractivity contribution is 6.00. The molecule has 3 rings (SSSR count). The zero-order chi connectivity index (χ0) is 16.4. The van der Waals surface area contributed by atoms with Crippen molar-refractivity contribution >= 4 is 22.8 Å². The third-order valence-electron chi connectivity index (χ3n) is 3.35. The van der Waals surface area contributed by atoms with Gasteiger partial charge in [0.25, 0.3) is 0 Å². The number of fused-ring (bicyclic) bond motifs is 1. The van der Waals surface area contributed by atoms with E-state index < -0.39 is 11.9 Å². The first kappa shape index (κ1) is 14.7. The number of esters is 1. The molecule has 0 saturated carbocycles. The minimum atomic E-state index is -1.09. The van der Waals surface area contributed by atoms with Gasteiger partial charge in [-0.25, -0.2) is 9.78 Å². The molecule has 0 aliphatic rings. The van der Waals surface area contributed by atoms with Crippen LogP contribution in [-0.4, -0.2) is 22.0 Å². The number of hydrogen-bond acceptors (Lipinski definition) is 4. The van der Waals surface area contributed by atoms with Gasteiger partial charge in [0.2, 0.25) is 0 Å². The topological polar surface area (TPSA) is 76.5 Å². The van der Waals surface area contributed by atoms with E-state index in [-0.39, 0.29) is 17.0 Å². The summed E-state index contributed by atoms with van der Waals surface area (Å²) in [6.07, 6.45) is 0. The largest absolute Gasteiger partial charge is 0.478 e. The van der Waals surface area contributed by atoms with Crippen molar-refractivity contribution in [3.63, 3.8) is 0 Å². The first-order chi connectivity index (χ1) is 11.1. The average molecular weight is 307 g/mol. The van der Waals surface area contributed by atoms with Crippen molar-refractivity contribution in [3.8, 4) is 17.0 Å². The van der Waals surface area contributed by atoms with Crippen LogP contribution in [0.3, 0.4) is 0 Å². The summed E-state index contributed by atoms with van der Waals surface area (Å²) in [4.78, 5) is 27.4. The van der Waals surface area contributed by atoms with Crippen LogP contribution >= 0.6 is 0 Å². The van der Waals surface area contributed by atoms with Gasteiger partial charge in [-0.1, -0.05) is 30.3 Å². The highest BCUT2D eigenvalue weighted by Gasteiger charge is 2.18. The minimum Gasteiger partial charge on any atom is -0.478 e. The first-order valence-corrected chi connectivity index (χ1v) is 6.97. The van der Waals surface area contributed by atoms with Crippen LogP contribution in [0.25, 0.3) is 22.2 Å². The van der Waals surface area contributed by atoms with Gasteiger partial charge < -0.3 is 9.84 Å². The van der Waals surface area contributed by atoms with Gasteiger partial charge in [-0.2, -0.15) is 0 Å². The number of nitrogens with zero attached hydrogens (tertiary/aromatic N) is 1. The van der Waals surface area contributed by atoms with Gasteiger partial charge in [0, 0.05) is 17.9 Å². The number of para-hydroxylation sites is 2. The van der Waals surface area contributed by atoms with Crippen LogP contribution in [0.4, 0.5) is 0 Å². The lowest BCUT2D eigenvalue weighted by atomic mass is 10.0. The molecule has 0 spiro atoms. The molecule has 0 amide bonds. The maximum atomic E-state index is 11.6. The van der Waals surface area contributed by atoms with E-state index in [9.17, 15) is 14.7 Å². The summed E-state index contributed by atoms with van der Waals surface area (Å²) in [6, 6.07) is 15.6. The van der Waals surface area contributed by atoms with Crippen LogP contribution < -0.4 is 4.74 Å². The molecule has 5 nitrogen and oxygen atoms in total. The zero-order valence-corrected chi connectivity index (χ0v) is 12.3. The Morgan fingerprint density at radius 3 is 2.48 bits per heavy atom. The first-order valence-electron chi connectivity index (χ1n) is 6.97. The van der Waals surface area contributed by atoms with Crippen LogP contribution in [0, 0.1) is 0 Å². The molecular formula is C18H13NO4. The minimum absolute atomic E-state index is 0.0586. The standard InChI is InChI=1S/C18H13NO4/c1-11(20)23-16-9-5-3-7-13(16)17-14(18(21)22)10-12-6-2-4-8-15(12)19-17/h2-10H,1H3,(H,21,22). The zero-order valence-electron chi connectivity index (χ0n) is 12.3. The number of hydrogen-bond donors (Lipinski definition) is 1. The number of rotatable bonds is 3. The molecule has 3 aromatic rings. The fourth-order valence-electron chi connectivity index (χ4n) is 2.39. The quantitative estimate of drug-likeness (QED) is 0.591. The number of aromatic carboxylic acids is 1. The smallest absolute Gasteiger partial charge is 0.337 e. The Bertz CT molecular complexity index is 918. The summed E-state index contributed by atoms with van der Waals surface area (Å²) < 4.78 is 5.17. The van der Waals surface area contributed by atoms with Crippen LogP contribution in [-0.2, 0) is 4.79 Å². The van der Waals surface area contributed by atoms with Gasteiger partial charge >= 0.3 is 11.9 Å². The molecule has 114 valence electrons. The van der Waals surface area contributed by atoms with Gasteiger partial charge in [0.1, 0.15) is 5.75 Å². The lowest BCUT2D eigenvalue weighted by molar-refractivity contribution is -0.131. The van der Waals surface area contributed by atoms with E-state index >= 15 is 0 Å². The van der Waals surface area contributed by atoms with E-state index in [4.69, 9.17) is 4.74 Å². The summed E-state index contributed by atoms with van der Waals surface area (Å²) in [7, 11) is 0. The normalized spacial score (nSPS) is 10.5. The van der Waals surface area contributed by atoms with E-state index in [0.717, 1.165) is 5.39 Å². The number of carbonyl (C=O) groups excluding carboxylic acids is 1. The van der Waals surface area contributed by atoms with E-state index in [1.165, 1.54) is 6.92 Å². The highest BCUT2D eigenvalue weighted by Crippen LogP contribution is 2.32. The molecule has 0 fully saturated rings. The second-order valence-corrected chi connectivity index (χ2v) is 4.97. The summed E-state index contributed by atoms with van der Waals surface area (Å²) in [6.45, 7) is 1.29. The molecule has 1 heterocycles. The fourth-order valence-corrected chi connectivity index (χ4v) is 2.39. The molecule has 0 radical (unpaired) electrons. The Morgan fingerprint density at radius 1 is 1.04 bits per heavy atom. The SMILES string of the molecule is CC(=O)Oc1ccccc1-c1nc2ccccc2cc1C(=O)O. The predicted molar refractivity (Wildman–Crippen MR) is 85.4 cm³/mol. The molecule has 1 N–H and O–H groups in total. The lowest BCUT2D eigenvalue weighted by Gasteiger charge is -2.11. The Kier molecular flexibility index (Phi) is 3.76. The average Bonchev–Trinajstić information content (AvgIpc) is 2.53. The van der Waals surface area contributed by atoms with Crippen molar-refractivity contribution < 1.29 is 19.4 Å². The molecule has 23 heavy (non-hydrogen) atoms. The van der Waals surface area contributed by atoms with Crippen molar-refractivity contribution in [2.75, 3.05) is 0 Å². The second kappa shape index (κ2) is 5.88. The number of carboxylic acids is 1. The fraction of sp³-hybridized carbons (Fsp3) is 0.0556. The molecule has 0 unspecified atom stereocenters. The maximum Gasteiger partial charge on any atom is 0.337 e. The van der Waals surface area contributed by atoms with Crippen molar-refractivity contribution in [2.24, 2.45) is 0 Å². The molecule has 0 aliphatic heterocycles. The van der Waals surface area contributed by atoms with Crippen molar-refractivity contribution in [1.29, 1.82) is 0 Å². The van der Waals surface area contributed by atoms with Crippen LogP contribution in [0.2, 0.25) is 0 Å². The number of carboxylic acid groups (broad SMARTS) is 1. The monoisotopic (exact) mass is 307 g/mol. The van der Waals surface area contributed by atoms with E-state index in [0.29, 0.717) is 11.1 Å². The summed E-state index contributed by atoms with van der Waals surface area (Å²) >= 11 is 0. The van der Waals surface area contributed by atoms with Gasteiger partial charge in [-0.05, 0) is 24.3 Å². The maximum absolute atomic E-state index is 11.6. The van der Waals surface area contributed by atoms with Gasteiger partial charge in [0.15, 0.2) is 0 Å². The highest BCUT2D eigenvalue weighted by atomic mass is 16.5. The summed E-state index contributed by atoms with van der Waals surface area (Å²) in [5.74, 6) is -1.28. The van der Waals surface area contributed by atoms with Crippen molar-refractivity contribution in [2.45, 2.75) is 6.92 Å². The number of pyridine rings is 1. The summed E-state index contributed by atoms with van der Waals surface area (Å²) in [5, 5.41) is 10.2. The molecule has 2 aromatic carbocycles. The summed E-state index contributed by atoms with van der Waals surface area (Å²) in [5.41, 5.74) is 1.47. The van der Waals surface area contributed by atoms with Gasteiger partial charge in [0.05, 0.1) is 16.8 Å². The van der Waals surface area contributed by atoms with Crippen LogP contribution in [0.1, 0.15) is 17.3 Å². The second-order valence-electron chi connectivity index (χ2n) is 4.97. The Hall–Kier alpha value is -3.21. The molecule has 1 aromatic heterocycles. The van der Waals surface area contributed by atoms with Crippen molar-refractivity contribution in [3.05, 3.63) is 60.2 Å². The van der Waals surface area contributed by atoms with E-state index in [2.05, 4.69) is 4.98 Å². The van der Waals surface area contributed by atoms with Crippen LogP contribution in [0.15, 0.2) is 54.6 Å². The Balaban J connectivity index is 2.29. The molecule has 0 aliphatic carbocycles. The number of ether oxygens (including phenoxy) is 1. The number of carbonyl (C=O) groups is 2. The van der Waals surface area contributed by atoms with Crippen LogP contribution in [0.5, 0.6) is 5.75 Å². The van der Waals surface area contributed by atoms with E-state index in [1.807, 2.05) is 12.1 Å².